The molecule has 0 aliphatic heterocycles. The van der Waals surface area contributed by atoms with Crippen molar-refractivity contribution in [3.8, 4) is 0 Å². The Hall–Kier alpha value is -1.36. The van der Waals surface area contributed by atoms with Crippen molar-refractivity contribution in [2.75, 3.05) is 13.1 Å². The molecule has 17 heavy (non-hydrogen) atoms. The summed E-state index contributed by atoms with van der Waals surface area (Å²) in [5.41, 5.74) is 1.53. The van der Waals surface area contributed by atoms with E-state index in [9.17, 15) is 4.79 Å². The van der Waals surface area contributed by atoms with Crippen molar-refractivity contribution in [2.45, 2.75) is 39.3 Å². The van der Waals surface area contributed by atoms with Crippen LogP contribution in [0.25, 0.3) is 0 Å². The molecule has 0 saturated heterocycles. The summed E-state index contributed by atoms with van der Waals surface area (Å²) in [6.45, 7) is 6.12. The molecule has 2 rings (SSSR count). The van der Waals surface area contributed by atoms with Gasteiger partial charge in [0.2, 0.25) is 0 Å². The van der Waals surface area contributed by atoms with Gasteiger partial charge in [-0.1, -0.05) is 0 Å². The van der Waals surface area contributed by atoms with Crippen molar-refractivity contribution in [2.24, 2.45) is 0 Å². The summed E-state index contributed by atoms with van der Waals surface area (Å²) in [6, 6.07) is 2.52. The highest BCUT2D eigenvalue weighted by Crippen LogP contribution is 2.17. The molecule has 94 valence electrons. The molecule has 2 N–H and O–H groups in total. The van der Waals surface area contributed by atoms with Crippen LogP contribution < -0.4 is 10.6 Å². The van der Waals surface area contributed by atoms with E-state index in [-0.39, 0.29) is 5.91 Å². The lowest BCUT2D eigenvalue weighted by Gasteiger charge is -2.07. The second-order valence-electron chi connectivity index (χ2n) is 4.47. The van der Waals surface area contributed by atoms with Crippen LogP contribution in [0.5, 0.6) is 0 Å². The first-order valence-corrected chi connectivity index (χ1v) is 6.26. The van der Waals surface area contributed by atoms with Crippen molar-refractivity contribution in [1.82, 2.24) is 20.4 Å². The molecule has 1 saturated carbocycles. The molecule has 1 aromatic rings. The molecule has 1 amide bonds. The molecule has 0 aromatic carbocycles. The van der Waals surface area contributed by atoms with E-state index >= 15 is 0 Å². The van der Waals surface area contributed by atoms with Gasteiger partial charge in [-0.2, -0.15) is 5.10 Å². The predicted octanol–water partition coefficient (Wildman–Crippen LogP) is 0.693. The van der Waals surface area contributed by atoms with Crippen molar-refractivity contribution in [3.63, 3.8) is 0 Å². The molecule has 0 spiro atoms. The Balaban J connectivity index is 1.80. The van der Waals surface area contributed by atoms with Crippen LogP contribution >= 0.6 is 0 Å². The summed E-state index contributed by atoms with van der Waals surface area (Å²) in [7, 11) is 0. The maximum absolute atomic E-state index is 11.9. The third-order valence-electron chi connectivity index (χ3n) is 2.86. The Kier molecular flexibility index (Phi) is 3.78. The monoisotopic (exact) mass is 236 g/mol. The maximum atomic E-state index is 11.9. The highest BCUT2D eigenvalue weighted by atomic mass is 16.2. The van der Waals surface area contributed by atoms with Crippen LogP contribution in [-0.4, -0.2) is 34.8 Å². The standard InChI is InChI=1S/C12H20N4O/c1-3-16-11(8-9(2)15-16)12(17)14-7-6-13-10-4-5-10/h8,10,13H,3-7H2,1-2H3,(H,14,17). The number of amides is 1. The van der Waals surface area contributed by atoms with Crippen molar-refractivity contribution in [1.29, 1.82) is 0 Å². The number of carbonyl (C=O) groups excluding carboxylic acids is 1. The van der Waals surface area contributed by atoms with Crippen LogP contribution in [0.1, 0.15) is 35.9 Å². The van der Waals surface area contributed by atoms with Crippen LogP contribution in [0.4, 0.5) is 0 Å². The summed E-state index contributed by atoms with van der Waals surface area (Å²) in [6.07, 6.45) is 2.55. The number of aryl methyl sites for hydroxylation is 2. The van der Waals surface area contributed by atoms with Gasteiger partial charge in [-0.15, -0.1) is 0 Å². The minimum absolute atomic E-state index is 0.0370. The Morgan fingerprint density at radius 1 is 1.53 bits per heavy atom. The topological polar surface area (TPSA) is 59.0 Å². The third-order valence-corrected chi connectivity index (χ3v) is 2.86. The second-order valence-corrected chi connectivity index (χ2v) is 4.47. The van der Waals surface area contributed by atoms with Crippen LogP contribution in [0.2, 0.25) is 0 Å². The van der Waals surface area contributed by atoms with Crippen LogP contribution in [0.3, 0.4) is 0 Å². The number of rotatable bonds is 6. The average Bonchev–Trinajstić information content (AvgIpc) is 3.06. The lowest BCUT2D eigenvalue weighted by molar-refractivity contribution is 0.0943. The zero-order chi connectivity index (χ0) is 12.3. The maximum Gasteiger partial charge on any atom is 0.269 e. The van der Waals surface area contributed by atoms with Gasteiger partial charge in [0.05, 0.1) is 5.69 Å². The first-order valence-electron chi connectivity index (χ1n) is 6.26. The van der Waals surface area contributed by atoms with Crippen LogP contribution in [0, 0.1) is 6.92 Å². The number of hydrogen-bond donors (Lipinski definition) is 2. The smallest absolute Gasteiger partial charge is 0.269 e. The van der Waals surface area contributed by atoms with E-state index in [1.807, 2.05) is 19.9 Å². The highest BCUT2D eigenvalue weighted by Gasteiger charge is 2.19. The van der Waals surface area contributed by atoms with Crippen molar-refractivity contribution >= 4 is 5.91 Å². The van der Waals surface area contributed by atoms with E-state index in [0.717, 1.165) is 18.8 Å². The van der Waals surface area contributed by atoms with E-state index in [1.54, 1.807) is 4.68 Å². The summed E-state index contributed by atoms with van der Waals surface area (Å²) >= 11 is 0. The Morgan fingerprint density at radius 3 is 2.94 bits per heavy atom. The molecule has 0 radical (unpaired) electrons. The van der Waals surface area contributed by atoms with Gasteiger partial charge >= 0.3 is 0 Å². The Bertz CT molecular complexity index is 395. The molecule has 1 aliphatic carbocycles. The third kappa shape index (κ3) is 3.30. The summed E-state index contributed by atoms with van der Waals surface area (Å²) in [4.78, 5) is 11.9. The minimum atomic E-state index is -0.0370. The molecule has 0 atom stereocenters. The quantitative estimate of drug-likeness (QED) is 0.715. The van der Waals surface area contributed by atoms with Gasteiger partial charge in [-0.25, -0.2) is 0 Å². The number of hydrogen-bond acceptors (Lipinski definition) is 3. The normalized spacial score (nSPS) is 14.9. The minimum Gasteiger partial charge on any atom is -0.349 e. The van der Waals surface area contributed by atoms with E-state index in [1.165, 1.54) is 12.8 Å². The lowest BCUT2D eigenvalue weighted by Crippen LogP contribution is -2.33. The molecule has 1 fully saturated rings. The number of aromatic nitrogens is 2. The van der Waals surface area contributed by atoms with Gasteiger partial charge < -0.3 is 10.6 Å². The van der Waals surface area contributed by atoms with Gasteiger partial charge in [0.1, 0.15) is 5.69 Å². The van der Waals surface area contributed by atoms with Gasteiger partial charge in [0.25, 0.3) is 5.91 Å². The molecule has 0 bridgehead atoms. The Morgan fingerprint density at radius 2 is 2.29 bits per heavy atom. The second kappa shape index (κ2) is 5.31. The van der Waals surface area contributed by atoms with Crippen molar-refractivity contribution < 1.29 is 4.79 Å². The fourth-order valence-electron chi connectivity index (χ4n) is 1.80. The molecule has 5 nitrogen and oxygen atoms in total. The average molecular weight is 236 g/mol. The van der Waals surface area contributed by atoms with Crippen LogP contribution in [0.15, 0.2) is 6.07 Å². The van der Waals surface area contributed by atoms with E-state index in [0.29, 0.717) is 18.3 Å². The number of nitrogens with one attached hydrogen (secondary N) is 2. The molecule has 1 heterocycles. The fraction of sp³-hybridized carbons (Fsp3) is 0.667. The molecule has 5 heteroatoms. The van der Waals surface area contributed by atoms with E-state index < -0.39 is 0 Å². The summed E-state index contributed by atoms with van der Waals surface area (Å²) in [5.74, 6) is -0.0370. The first kappa shape index (κ1) is 12.1. The van der Waals surface area contributed by atoms with Gasteiger partial charge in [-0.05, 0) is 32.8 Å². The first-order chi connectivity index (χ1) is 8.20. The largest absolute Gasteiger partial charge is 0.349 e. The zero-order valence-corrected chi connectivity index (χ0v) is 10.5. The Labute approximate surface area is 102 Å². The zero-order valence-electron chi connectivity index (χ0n) is 10.5. The molecular formula is C12H20N4O. The summed E-state index contributed by atoms with van der Waals surface area (Å²) < 4.78 is 1.74. The van der Waals surface area contributed by atoms with E-state index in [4.69, 9.17) is 0 Å². The lowest BCUT2D eigenvalue weighted by atomic mass is 10.3. The summed E-state index contributed by atoms with van der Waals surface area (Å²) in [5, 5.41) is 10.5. The number of carbonyl (C=O) groups is 1. The number of nitrogens with zero attached hydrogens (tertiary/aromatic N) is 2. The highest BCUT2D eigenvalue weighted by molar-refractivity contribution is 5.92. The SMILES string of the molecule is CCn1nc(C)cc1C(=O)NCCNC1CC1. The molecular weight excluding hydrogens is 216 g/mol. The molecule has 1 aliphatic rings. The van der Waals surface area contributed by atoms with Gasteiger partial charge in [0, 0.05) is 25.7 Å². The predicted molar refractivity (Wildman–Crippen MR) is 66.0 cm³/mol. The van der Waals surface area contributed by atoms with Crippen molar-refractivity contribution in [3.05, 3.63) is 17.5 Å². The molecule has 0 unspecified atom stereocenters. The fourth-order valence-corrected chi connectivity index (χ4v) is 1.80. The van der Waals surface area contributed by atoms with E-state index in [2.05, 4.69) is 15.7 Å². The van der Waals surface area contributed by atoms with Gasteiger partial charge in [-0.3, -0.25) is 9.48 Å². The molecule has 1 aromatic heterocycles. The van der Waals surface area contributed by atoms with Crippen LogP contribution in [-0.2, 0) is 6.54 Å². The van der Waals surface area contributed by atoms with Gasteiger partial charge in [0.15, 0.2) is 0 Å².